The molecular formula is C20H29N3O3. The molecule has 26 heavy (non-hydrogen) atoms. The SMILES string of the molecule is CC1CCN(C(=O)c2cc(NC(=O)C3CCCCC3)c(=O)n(C)c2)CC1. The minimum absolute atomic E-state index is 0.0311. The van der Waals surface area contributed by atoms with Gasteiger partial charge >= 0.3 is 0 Å². The zero-order chi connectivity index (χ0) is 18.7. The van der Waals surface area contributed by atoms with Crippen LogP contribution in [-0.4, -0.2) is 34.4 Å². The topological polar surface area (TPSA) is 71.4 Å². The summed E-state index contributed by atoms with van der Waals surface area (Å²) in [5.74, 6) is 0.444. The predicted octanol–water partition coefficient (Wildman–Crippen LogP) is 2.78. The van der Waals surface area contributed by atoms with Gasteiger partial charge in [-0.2, -0.15) is 0 Å². The molecule has 0 bridgehead atoms. The Hall–Kier alpha value is -2.11. The number of hydrogen-bond acceptors (Lipinski definition) is 3. The fourth-order valence-electron chi connectivity index (χ4n) is 3.91. The Morgan fingerprint density at radius 3 is 2.38 bits per heavy atom. The van der Waals surface area contributed by atoms with Gasteiger partial charge in [-0.3, -0.25) is 14.4 Å². The first-order valence-corrected chi connectivity index (χ1v) is 9.76. The molecule has 1 aliphatic heterocycles. The van der Waals surface area contributed by atoms with E-state index in [1.807, 2.05) is 4.90 Å². The van der Waals surface area contributed by atoms with Crippen LogP contribution in [0.25, 0.3) is 0 Å². The van der Waals surface area contributed by atoms with Gasteiger partial charge in [0, 0.05) is 32.3 Å². The Morgan fingerprint density at radius 2 is 1.73 bits per heavy atom. The maximum absolute atomic E-state index is 12.8. The van der Waals surface area contributed by atoms with E-state index in [1.54, 1.807) is 19.3 Å². The van der Waals surface area contributed by atoms with Gasteiger partial charge in [-0.05, 0) is 37.7 Å². The summed E-state index contributed by atoms with van der Waals surface area (Å²) in [5, 5.41) is 2.78. The van der Waals surface area contributed by atoms with Crippen LogP contribution < -0.4 is 10.9 Å². The third-order valence-electron chi connectivity index (χ3n) is 5.73. The van der Waals surface area contributed by atoms with E-state index < -0.39 is 0 Å². The van der Waals surface area contributed by atoms with Gasteiger partial charge in [0.2, 0.25) is 5.91 Å². The van der Waals surface area contributed by atoms with Crippen LogP contribution in [0.1, 0.15) is 62.2 Å². The molecule has 0 unspecified atom stereocenters. The van der Waals surface area contributed by atoms with Gasteiger partial charge in [0.1, 0.15) is 5.69 Å². The first-order valence-electron chi connectivity index (χ1n) is 9.76. The number of nitrogens with zero attached hydrogens (tertiary/aromatic N) is 2. The van der Waals surface area contributed by atoms with E-state index in [0.717, 1.165) is 51.6 Å². The van der Waals surface area contributed by atoms with Crippen LogP contribution in [0.15, 0.2) is 17.1 Å². The molecule has 2 heterocycles. The van der Waals surface area contributed by atoms with Gasteiger partial charge in [0.15, 0.2) is 0 Å². The molecular weight excluding hydrogens is 330 g/mol. The largest absolute Gasteiger partial charge is 0.339 e. The van der Waals surface area contributed by atoms with Crippen molar-refractivity contribution in [1.29, 1.82) is 0 Å². The molecule has 142 valence electrons. The standard InChI is InChI=1S/C20H29N3O3/c1-14-8-10-23(11-9-14)19(25)16-12-17(20(26)22(2)13-16)21-18(24)15-6-4-3-5-7-15/h12-15H,3-11H2,1-2H3,(H,21,24). The first-order chi connectivity index (χ1) is 12.5. The van der Waals surface area contributed by atoms with Gasteiger partial charge < -0.3 is 14.8 Å². The lowest BCUT2D eigenvalue weighted by Crippen LogP contribution is -2.38. The van der Waals surface area contributed by atoms with E-state index in [0.29, 0.717) is 11.5 Å². The Labute approximate surface area is 154 Å². The second-order valence-corrected chi connectivity index (χ2v) is 7.86. The minimum atomic E-state index is -0.280. The fraction of sp³-hybridized carbons (Fsp3) is 0.650. The lowest BCUT2D eigenvalue weighted by atomic mass is 9.88. The molecule has 1 aromatic rings. The molecule has 0 spiro atoms. The lowest BCUT2D eigenvalue weighted by molar-refractivity contribution is -0.120. The highest BCUT2D eigenvalue weighted by Gasteiger charge is 2.25. The number of likely N-dealkylation sites (tertiary alicyclic amines) is 1. The summed E-state index contributed by atoms with van der Waals surface area (Å²) in [6, 6.07) is 1.55. The van der Waals surface area contributed by atoms with Crippen molar-refractivity contribution in [3.8, 4) is 0 Å². The van der Waals surface area contributed by atoms with Crippen molar-refractivity contribution in [3.05, 3.63) is 28.2 Å². The molecule has 3 rings (SSSR count). The van der Waals surface area contributed by atoms with Crippen molar-refractivity contribution in [2.45, 2.75) is 51.9 Å². The molecule has 2 amide bonds. The summed E-state index contributed by atoms with van der Waals surface area (Å²) in [4.78, 5) is 39.5. The van der Waals surface area contributed by atoms with Crippen molar-refractivity contribution >= 4 is 17.5 Å². The van der Waals surface area contributed by atoms with Crippen LogP contribution in [0, 0.1) is 11.8 Å². The maximum Gasteiger partial charge on any atom is 0.274 e. The van der Waals surface area contributed by atoms with Crippen molar-refractivity contribution < 1.29 is 9.59 Å². The number of aromatic nitrogens is 1. The Morgan fingerprint density at radius 1 is 1.08 bits per heavy atom. The molecule has 1 N–H and O–H groups in total. The molecule has 1 aromatic heterocycles. The predicted molar refractivity (Wildman–Crippen MR) is 101 cm³/mol. The van der Waals surface area contributed by atoms with Gasteiger partial charge in [-0.25, -0.2) is 0 Å². The maximum atomic E-state index is 12.8. The molecule has 1 aliphatic carbocycles. The number of anilines is 1. The van der Waals surface area contributed by atoms with Crippen LogP contribution in [0.2, 0.25) is 0 Å². The van der Waals surface area contributed by atoms with E-state index in [-0.39, 0.29) is 29.0 Å². The van der Waals surface area contributed by atoms with Crippen LogP contribution >= 0.6 is 0 Å². The normalized spacial score (nSPS) is 19.4. The highest BCUT2D eigenvalue weighted by Crippen LogP contribution is 2.25. The number of amides is 2. The average molecular weight is 359 g/mol. The fourth-order valence-corrected chi connectivity index (χ4v) is 3.91. The van der Waals surface area contributed by atoms with Crippen molar-refractivity contribution in [2.24, 2.45) is 18.9 Å². The van der Waals surface area contributed by atoms with Crippen LogP contribution in [-0.2, 0) is 11.8 Å². The lowest BCUT2D eigenvalue weighted by Gasteiger charge is -2.30. The van der Waals surface area contributed by atoms with E-state index in [4.69, 9.17) is 0 Å². The number of carbonyl (C=O) groups excluding carboxylic acids is 2. The van der Waals surface area contributed by atoms with Crippen molar-refractivity contribution in [3.63, 3.8) is 0 Å². The van der Waals surface area contributed by atoms with Gasteiger partial charge in [0.05, 0.1) is 5.56 Å². The number of rotatable bonds is 3. The molecule has 2 aliphatic rings. The summed E-state index contributed by atoms with van der Waals surface area (Å²) >= 11 is 0. The third-order valence-corrected chi connectivity index (χ3v) is 5.73. The molecule has 1 saturated heterocycles. The molecule has 1 saturated carbocycles. The second-order valence-electron chi connectivity index (χ2n) is 7.86. The zero-order valence-corrected chi connectivity index (χ0v) is 15.8. The van der Waals surface area contributed by atoms with E-state index in [9.17, 15) is 14.4 Å². The molecule has 6 heteroatoms. The zero-order valence-electron chi connectivity index (χ0n) is 15.8. The number of aryl methyl sites for hydroxylation is 1. The monoisotopic (exact) mass is 359 g/mol. The van der Waals surface area contributed by atoms with Gasteiger partial charge in [-0.1, -0.05) is 26.2 Å². The summed E-state index contributed by atoms with van der Waals surface area (Å²) in [6.07, 6.45) is 8.60. The number of nitrogens with one attached hydrogen (secondary N) is 1. The number of piperidine rings is 1. The minimum Gasteiger partial charge on any atom is -0.339 e. The van der Waals surface area contributed by atoms with Gasteiger partial charge in [-0.15, -0.1) is 0 Å². The summed E-state index contributed by atoms with van der Waals surface area (Å²) < 4.78 is 1.39. The van der Waals surface area contributed by atoms with Crippen LogP contribution in [0.3, 0.4) is 0 Å². The van der Waals surface area contributed by atoms with E-state index >= 15 is 0 Å². The first kappa shape index (κ1) is 18.7. The highest BCUT2D eigenvalue weighted by molar-refractivity contribution is 5.97. The van der Waals surface area contributed by atoms with Crippen molar-refractivity contribution in [1.82, 2.24) is 9.47 Å². The number of carbonyl (C=O) groups is 2. The van der Waals surface area contributed by atoms with Gasteiger partial charge in [0.25, 0.3) is 11.5 Å². The summed E-state index contributed by atoms with van der Waals surface area (Å²) in [5.41, 5.74) is 0.387. The Balaban J connectivity index is 1.77. The Bertz CT molecular complexity index is 726. The third kappa shape index (κ3) is 4.17. The smallest absolute Gasteiger partial charge is 0.274 e. The van der Waals surface area contributed by atoms with Crippen molar-refractivity contribution in [2.75, 3.05) is 18.4 Å². The number of pyridine rings is 1. The van der Waals surface area contributed by atoms with Crippen LogP contribution in [0.4, 0.5) is 5.69 Å². The number of hydrogen-bond donors (Lipinski definition) is 1. The summed E-state index contributed by atoms with van der Waals surface area (Å²) in [6.45, 7) is 3.69. The molecule has 6 nitrogen and oxygen atoms in total. The average Bonchev–Trinajstić information content (AvgIpc) is 2.66. The molecule has 0 radical (unpaired) electrons. The summed E-state index contributed by atoms with van der Waals surface area (Å²) in [7, 11) is 1.62. The molecule has 0 atom stereocenters. The van der Waals surface area contributed by atoms with Crippen LogP contribution in [0.5, 0.6) is 0 Å². The Kier molecular flexibility index (Phi) is 5.79. The van der Waals surface area contributed by atoms with E-state index in [2.05, 4.69) is 12.2 Å². The highest BCUT2D eigenvalue weighted by atomic mass is 16.2. The quantitative estimate of drug-likeness (QED) is 0.902. The molecule has 2 fully saturated rings. The second kappa shape index (κ2) is 8.06. The van der Waals surface area contributed by atoms with E-state index in [1.165, 1.54) is 11.0 Å². The molecule has 0 aromatic carbocycles.